The van der Waals surface area contributed by atoms with Crippen LogP contribution in [0.1, 0.15) is 0 Å². The number of benzene rings is 1. The Bertz CT molecular complexity index is 477. The van der Waals surface area contributed by atoms with Crippen molar-refractivity contribution in [2.45, 2.75) is 0 Å². The Morgan fingerprint density at radius 1 is 1.40 bits per heavy atom. The van der Waals surface area contributed by atoms with Crippen molar-refractivity contribution in [3.05, 3.63) is 30.6 Å². The maximum atomic E-state index is 9.42. The second-order valence-corrected chi connectivity index (χ2v) is 3.29. The molecule has 1 N–H and O–H groups in total. The standard InChI is InChI=1S/C11H12N2O2/c1-13-7-8(6-12-13)10-5-9(14)3-4-11(10)15-2/h3-7,14H,1-2H3. The number of aromatic nitrogens is 2. The van der Waals surface area contributed by atoms with Crippen LogP contribution in [0, 0.1) is 0 Å². The van der Waals surface area contributed by atoms with Crippen molar-refractivity contribution in [3.8, 4) is 22.6 Å². The fourth-order valence-corrected chi connectivity index (χ4v) is 1.48. The fraction of sp³-hybridized carbons (Fsp3) is 0.182. The molecule has 2 rings (SSSR count). The maximum Gasteiger partial charge on any atom is 0.127 e. The van der Waals surface area contributed by atoms with Gasteiger partial charge in [0.25, 0.3) is 0 Å². The average molecular weight is 204 g/mol. The zero-order chi connectivity index (χ0) is 10.8. The Kier molecular flexibility index (Phi) is 2.33. The Morgan fingerprint density at radius 2 is 2.20 bits per heavy atom. The van der Waals surface area contributed by atoms with Gasteiger partial charge in [0, 0.05) is 24.4 Å². The summed E-state index contributed by atoms with van der Waals surface area (Å²) in [6.07, 6.45) is 3.61. The molecule has 1 aromatic heterocycles. The van der Waals surface area contributed by atoms with Gasteiger partial charge in [0.15, 0.2) is 0 Å². The summed E-state index contributed by atoms with van der Waals surface area (Å²) in [4.78, 5) is 0. The largest absolute Gasteiger partial charge is 0.508 e. The van der Waals surface area contributed by atoms with Crippen molar-refractivity contribution >= 4 is 0 Å². The highest BCUT2D eigenvalue weighted by Gasteiger charge is 2.08. The normalized spacial score (nSPS) is 10.3. The lowest BCUT2D eigenvalue weighted by Gasteiger charge is -2.06. The summed E-state index contributed by atoms with van der Waals surface area (Å²) in [6.45, 7) is 0. The van der Waals surface area contributed by atoms with Crippen molar-refractivity contribution < 1.29 is 9.84 Å². The molecule has 0 aliphatic heterocycles. The van der Waals surface area contributed by atoms with Crippen LogP contribution < -0.4 is 4.74 Å². The van der Waals surface area contributed by atoms with E-state index < -0.39 is 0 Å². The second kappa shape index (κ2) is 3.65. The molecule has 0 atom stereocenters. The summed E-state index contributed by atoms with van der Waals surface area (Å²) in [5, 5.41) is 13.5. The molecule has 4 heteroatoms. The molecular weight excluding hydrogens is 192 g/mol. The lowest BCUT2D eigenvalue weighted by atomic mass is 10.1. The van der Waals surface area contributed by atoms with Crippen molar-refractivity contribution in [1.29, 1.82) is 0 Å². The van der Waals surface area contributed by atoms with Crippen molar-refractivity contribution in [3.63, 3.8) is 0 Å². The number of hydrogen-bond acceptors (Lipinski definition) is 3. The molecule has 1 heterocycles. The highest BCUT2D eigenvalue weighted by atomic mass is 16.5. The van der Waals surface area contributed by atoms with Crippen LogP contribution in [0.15, 0.2) is 30.6 Å². The molecule has 0 aliphatic rings. The third-order valence-electron chi connectivity index (χ3n) is 2.20. The van der Waals surface area contributed by atoms with E-state index in [0.717, 1.165) is 16.9 Å². The minimum Gasteiger partial charge on any atom is -0.508 e. The van der Waals surface area contributed by atoms with E-state index in [2.05, 4.69) is 5.10 Å². The third-order valence-corrected chi connectivity index (χ3v) is 2.20. The predicted octanol–water partition coefficient (Wildman–Crippen LogP) is 1.80. The molecule has 78 valence electrons. The van der Waals surface area contributed by atoms with E-state index in [-0.39, 0.29) is 5.75 Å². The summed E-state index contributed by atoms with van der Waals surface area (Å²) in [5.41, 5.74) is 1.76. The first-order valence-electron chi connectivity index (χ1n) is 4.56. The van der Waals surface area contributed by atoms with Crippen LogP contribution in [-0.4, -0.2) is 22.0 Å². The first-order valence-corrected chi connectivity index (χ1v) is 4.56. The smallest absolute Gasteiger partial charge is 0.127 e. The second-order valence-electron chi connectivity index (χ2n) is 3.29. The molecule has 2 aromatic rings. The average Bonchev–Trinajstić information content (AvgIpc) is 2.65. The van der Waals surface area contributed by atoms with Crippen molar-refractivity contribution in [1.82, 2.24) is 9.78 Å². The minimum absolute atomic E-state index is 0.217. The van der Waals surface area contributed by atoms with Crippen LogP contribution >= 0.6 is 0 Å². The number of ether oxygens (including phenoxy) is 1. The van der Waals surface area contributed by atoms with Gasteiger partial charge < -0.3 is 9.84 Å². The lowest BCUT2D eigenvalue weighted by molar-refractivity contribution is 0.414. The molecule has 0 unspecified atom stereocenters. The Morgan fingerprint density at radius 3 is 2.80 bits per heavy atom. The molecule has 0 fully saturated rings. The highest BCUT2D eigenvalue weighted by molar-refractivity contribution is 5.70. The number of aromatic hydroxyl groups is 1. The van der Waals surface area contributed by atoms with E-state index in [4.69, 9.17) is 4.74 Å². The predicted molar refractivity (Wildman–Crippen MR) is 56.9 cm³/mol. The summed E-state index contributed by atoms with van der Waals surface area (Å²) in [7, 11) is 3.45. The van der Waals surface area contributed by atoms with Crippen LogP contribution in [0.4, 0.5) is 0 Å². The van der Waals surface area contributed by atoms with E-state index in [9.17, 15) is 5.11 Å². The van der Waals surface area contributed by atoms with Crippen LogP contribution in [0.2, 0.25) is 0 Å². The monoisotopic (exact) mass is 204 g/mol. The van der Waals surface area contributed by atoms with Gasteiger partial charge >= 0.3 is 0 Å². The minimum atomic E-state index is 0.217. The number of hydrogen-bond donors (Lipinski definition) is 1. The van der Waals surface area contributed by atoms with Crippen molar-refractivity contribution in [2.75, 3.05) is 7.11 Å². The van der Waals surface area contributed by atoms with Gasteiger partial charge in [0.2, 0.25) is 0 Å². The molecule has 0 aliphatic carbocycles. The first-order chi connectivity index (χ1) is 7.20. The molecule has 0 radical (unpaired) electrons. The maximum absolute atomic E-state index is 9.42. The quantitative estimate of drug-likeness (QED) is 0.811. The summed E-state index contributed by atoms with van der Waals surface area (Å²) in [6, 6.07) is 4.99. The van der Waals surface area contributed by atoms with Gasteiger partial charge in [-0.3, -0.25) is 4.68 Å². The molecule has 1 aromatic carbocycles. The van der Waals surface area contributed by atoms with Gasteiger partial charge in [-0.25, -0.2) is 0 Å². The van der Waals surface area contributed by atoms with Gasteiger partial charge in [-0.15, -0.1) is 0 Å². The number of phenols is 1. The van der Waals surface area contributed by atoms with E-state index in [1.165, 1.54) is 0 Å². The molecular formula is C11H12N2O2. The third kappa shape index (κ3) is 1.79. The number of aryl methyl sites for hydroxylation is 1. The molecule has 4 nitrogen and oxygen atoms in total. The molecule has 0 saturated heterocycles. The Labute approximate surface area is 87.7 Å². The van der Waals surface area contributed by atoms with Crippen LogP contribution in [0.3, 0.4) is 0 Å². The van der Waals surface area contributed by atoms with E-state index in [0.29, 0.717) is 0 Å². The van der Waals surface area contributed by atoms with Gasteiger partial charge in [0.05, 0.1) is 13.3 Å². The number of nitrogens with zero attached hydrogens (tertiary/aromatic N) is 2. The lowest BCUT2D eigenvalue weighted by Crippen LogP contribution is -1.87. The van der Waals surface area contributed by atoms with Crippen molar-refractivity contribution in [2.24, 2.45) is 7.05 Å². The van der Waals surface area contributed by atoms with Crippen LogP contribution in [0.5, 0.6) is 11.5 Å². The van der Waals surface area contributed by atoms with Gasteiger partial charge in [0.1, 0.15) is 11.5 Å². The molecule has 0 amide bonds. The summed E-state index contributed by atoms with van der Waals surface area (Å²) >= 11 is 0. The number of rotatable bonds is 2. The SMILES string of the molecule is COc1ccc(O)cc1-c1cnn(C)c1. The molecule has 0 bridgehead atoms. The topological polar surface area (TPSA) is 47.3 Å². The highest BCUT2D eigenvalue weighted by Crippen LogP contribution is 2.32. The number of phenolic OH excluding ortho intramolecular Hbond substituents is 1. The van der Waals surface area contributed by atoms with Gasteiger partial charge in [-0.1, -0.05) is 0 Å². The molecule has 0 saturated carbocycles. The van der Waals surface area contributed by atoms with Gasteiger partial charge in [-0.05, 0) is 18.2 Å². The Balaban J connectivity index is 2.55. The zero-order valence-electron chi connectivity index (χ0n) is 8.64. The van der Waals surface area contributed by atoms with E-state index >= 15 is 0 Å². The van der Waals surface area contributed by atoms with E-state index in [1.807, 2.05) is 13.2 Å². The fourth-order valence-electron chi connectivity index (χ4n) is 1.48. The van der Waals surface area contributed by atoms with Gasteiger partial charge in [-0.2, -0.15) is 5.10 Å². The zero-order valence-corrected chi connectivity index (χ0v) is 8.64. The summed E-state index contributed by atoms with van der Waals surface area (Å²) < 4.78 is 6.92. The van der Waals surface area contributed by atoms with Crippen LogP contribution in [0.25, 0.3) is 11.1 Å². The number of methoxy groups -OCH3 is 1. The van der Waals surface area contributed by atoms with Crippen LogP contribution in [-0.2, 0) is 7.05 Å². The van der Waals surface area contributed by atoms with E-state index in [1.54, 1.807) is 36.2 Å². The first kappa shape index (κ1) is 9.58. The molecule has 15 heavy (non-hydrogen) atoms. The Hall–Kier alpha value is -1.97. The molecule has 0 spiro atoms. The summed E-state index contributed by atoms with van der Waals surface area (Å²) in [5.74, 6) is 0.940.